The number of benzene rings is 1. The van der Waals surface area contributed by atoms with Gasteiger partial charge < -0.3 is 4.40 Å². The monoisotopic (exact) mass is 294 g/mol. The molecule has 0 fully saturated rings. The Morgan fingerprint density at radius 1 is 1.14 bits per heavy atom. The molecule has 0 unspecified atom stereocenters. The molecule has 0 spiro atoms. The van der Waals surface area contributed by atoms with Crippen molar-refractivity contribution in [1.82, 2.24) is 9.38 Å². The van der Waals surface area contributed by atoms with E-state index in [0.717, 1.165) is 17.7 Å². The first-order chi connectivity index (χ1) is 9.86. The van der Waals surface area contributed by atoms with Crippen molar-refractivity contribution in [2.45, 2.75) is 13.1 Å². The van der Waals surface area contributed by atoms with E-state index >= 15 is 0 Å². The zero-order valence-corrected chi connectivity index (χ0v) is 10.9. The zero-order chi connectivity index (χ0) is 15.2. The molecule has 6 heteroatoms. The van der Waals surface area contributed by atoms with Crippen molar-refractivity contribution in [3.05, 3.63) is 59.7 Å². The Bertz CT molecular complexity index is 818. The van der Waals surface area contributed by atoms with Crippen LogP contribution in [0.25, 0.3) is 16.9 Å². The van der Waals surface area contributed by atoms with Gasteiger partial charge in [0.2, 0.25) is 0 Å². The Morgan fingerprint density at radius 2 is 1.90 bits per heavy atom. The van der Waals surface area contributed by atoms with E-state index in [4.69, 9.17) is 0 Å². The third kappa shape index (κ3) is 2.37. The van der Waals surface area contributed by atoms with Crippen molar-refractivity contribution in [1.29, 1.82) is 0 Å². The lowest BCUT2D eigenvalue weighted by Crippen LogP contribution is -2.08. The van der Waals surface area contributed by atoms with Gasteiger partial charge in [-0.3, -0.25) is 0 Å². The van der Waals surface area contributed by atoms with Gasteiger partial charge in [-0.15, -0.1) is 0 Å². The molecule has 0 atom stereocenters. The van der Waals surface area contributed by atoms with E-state index in [1.807, 2.05) is 19.1 Å². The third-order valence-electron chi connectivity index (χ3n) is 3.25. The predicted octanol–water partition coefficient (Wildman–Crippen LogP) is 4.47. The molecule has 0 saturated heterocycles. The van der Waals surface area contributed by atoms with Gasteiger partial charge in [0, 0.05) is 18.0 Å². The molecule has 2 aromatic heterocycles. The van der Waals surface area contributed by atoms with Gasteiger partial charge >= 0.3 is 6.18 Å². The molecule has 0 aliphatic carbocycles. The molecule has 2 nitrogen and oxygen atoms in total. The summed E-state index contributed by atoms with van der Waals surface area (Å²) in [6.07, 6.45) is -1.35. The minimum atomic E-state index is -4.73. The summed E-state index contributed by atoms with van der Waals surface area (Å²) in [6.45, 7) is 1.86. The van der Waals surface area contributed by atoms with Crippen LogP contribution in [-0.4, -0.2) is 9.38 Å². The lowest BCUT2D eigenvalue weighted by molar-refractivity contribution is -0.139. The molecule has 0 bridgehead atoms. The molecule has 0 saturated carbocycles. The zero-order valence-electron chi connectivity index (χ0n) is 10.9. The summed E-state index contributed by atoms with van der Waals surface area (Å²) in [5, 5.41) is 0. The number of hydrogen-bond donors (Lipinski definition) is 0. The number of nitrogens with zero attached hydrogens (tertiary/aromatic N) is 2. The van der Waals surface area contributed by atoms with Gasteiger partial charge in [0.15, 0.2) is 0 Å². The summed E-state index contributed by atoms with van der Waals surface area (Å²) in [6, 6.07) is 6.57. The number of imidazole rings is 1. The number of hydrogen-bond acceptors (Lipinski definition) is 1. The van der Waals surface area contributed by atoms with Crippen molar-refractivity contribution >= 4 is 5.65 Å². The first-order valence-corrected chi connectivity index (χ1v) is 6.18. The average Bonchev–Trinajstić information content (AvgIpc) is 2.83. The van der Waals surface area contributed by atoms with Crippen molar-refractivity contribution in [3.63, 3.8) is 0 Å². The SMILES string of the molecule is Cc1cccn2cc(-c3ccc(F)c(C(F)(F)F)c3)nc12. The Labute approximate surface area is 117 Å². The number of aryl methyl sites for hydroxylation is 1. The van der Waals surface area contributed by atoms with E-state index in [0.29, 0.717) is 11.3 Å². The third-order valence-corrected chi connectivity index (χ3v) is 3.25. The van der Waals surface area contributed by atoms with Gasteiger partial charge in [0.1, 0.15) is 11.5 Å². The number of alkyl halides is 3. The number of fused-ring (bicyclic) bond motifs is 1. The van der Waals surface area contributed by atoms with Crippen molar-refractivity contribution in [2.75, 3.05) is 0 Å². The number of pyridine rings is 1. The van der Waals surface area contributed by atoms with E-state index in [1.54, 1.807) is 16.8 Å². The Balaban J connectivity index is 2.17. The van der Waals surface area contributed by atoms with Crippen LogP contribution in [0.1, 0.15) is 11.1 Å². The summed E-state index contributed by atoms with van der Waals surface area (Å²) < 4.78 is 53.3. The van der Waals surface area contributed by atoms with E-state index in [2.05, 4.69) is 4.98 Å². The van der Waals surface area contributed by atoms with Crippen molar-refractivity contribution in [3.8, 4) is 11.3 Å². The summed E-state index contributed by atoms with van der Waals surface area (Å²) in [7, 11) is 0. The van der Waals surface area contributed by atoms with Crippen LogP contribution >= 0.6 is 0 Å². The molecular formula is C15H10F4N2. The molecule has 108 valence electrons. The number of aromatic nitrogens is 2. The molecule has 1 aromatic carbocycles. The van der Waals surface area contributed by atoms with E-state index in [1.165, 1.54) is 6.07 Å². The molecular weight excluding hydrogens is 284 g/mol. The van der Waals surface area contributed by atoms with Crippen LogP contribution in [0.2, 0.25) is 0 Å². The number of halogens is 4. The van der Waals surface area contributed by atoms with E-state index < -0.39 is 17.6 Å². The van der Waals surface area contributed by atoms with Crippen LogP contribution in [-0.2, 0) is 6.18 Å². The maximum Gasteiger partial charge on any atom is 0.419 e. The standard InChI is InChI=1S/C15H10F4N2/c1-9-3-2-6-21-8-13(20-14(9)21)10-4-5-12(16)11(7-10)15(17,18)19/h2-8H,1H3. The molecule has 0 radical (unpaired) electrons. The highest BCUT2D eigenvalue weighted by atomic mass is 19.4. The van der Waals surface area contributed by atoms with Crippen LogP contribution in [0, 0.1) is 12.7 Å². The molecule has 0 aliphatic rings. The molecule has 0 amide bonds. The topological polar surface area (TPSA) is 17.3 Å². The highest BCUT2D eigenvalue weighted by molar-refractivity contribution is 5.65. The fourth-order valence-electron chi connectivity index (χ4n) is 2.19. The van der Waals surface area contributed by atoms with Crippen molar-refractivity contribution in [2.24, 2.45) is 0 Å². The molecule has 21 heavy (non-hydrogen) atoms. The van der Waals surface area contributed by atoms with Gasteiger partial charge in [0.05, 0.1) is 11.3 Å². The Morgan fingerprint density at radius 3 is 2.57 bits per heavy atom. The van der Waals surface area contributed by atoms with Crippen LogP contribution < -0.4 is 0 Å². The van der Waals surface area contributed by atoms with Crippen LogP contribution in [0.3, 0.4) is 0 Å². The lowest BCUT2D eigenvalue weighted by Gasteiger charge is -2.08. The van der Waals surface area contributed by atoms with Gasteiger partial charge in [0.25, 0.3) is 0 Å². The minimum absolute atomic E-state index is 0.229. The fraction of sp³-hybridized carbons (Fsp3) is 0.133. The molecule has 3 aromatic rings. The second-order valence-electron chi connectivity index (χ2n) is 4.74. The summed E-state index contributed by atoms with van der Waals surface area (Å²) >= 11 is 0. The maximum absolute atomic E-state index is 13.3. The smallest absolute Gasteiger partial charge is 0.306 e. The highest BCUT2D eigenvalue weighted by Crippen LogP contribution is 2.34. The summed E-state index contributed by atoms with van der Waals surface area (Å²) in [5.74, 6) is -1.29. The van der Waals surface area contributed by atoms with Gasteiger partial charge in [-0.1, -0.05) is 6.07 Å². The first kappa shape index (κ1) is 13.6. The highest BCUT2D eigenvalue weighted by Gasteiger charge is 2.34. The normalized spacial score (nSPS) is 12.0. The molecule has 0 aliphatic heterocycles. The molecule has 0 N–H and O–H groups in total. The summed E-state index contributed by atoms with van der Waals surface area (Å²) in [5.41, 5.74) is 0.877. The van der Waals surface area contributed by atoms with Crippen LogP contribution in [0.4, 0.5) is 17.6 Å². The van der Waals surface area contributed by atoms with E-state index in [9.17, 15) is 17.6 Å². The molecule has 3 rings (SSSR count). The largest absolute Gasteiger partial charge is 0.419 e. The molecule has 2 heterocycles. The Hall–Kier alpha value is -2.37. The van der Waals surface area contributed by atoms with Crippen molar-refractivity contribution < 1.29 is 17.6 Å². The quantitative estimate of drug-likeness (QED) is 0.605. The summed E-state index contributed by atoms with van der Waals surface area (Å²) in [4.78, 5) is 4.31. The minimum Gasteiger partial charge on any atom is -0.306 e. The second kappa shape index (κ2) is 4.58. The first-order valence-electron chi connectivity index (χ1n) is 6.18. The van der Waals surface area contributed by atoms with Gasteiger partial charge in [-0.2, -0.15) is 13.2 Å². The fourth-order valence-corrected chi connectivity index (χ4v) is 2.19. The second-order valence-corrected chi connectivity index (χ2v) is 4.74. The van der Waals surface area contributed by atoms with Gasteiger partial charge in [-0.05, 0) is 36.8 Å². The maximum atomic E-state index is 13.3. The van der Waals surface area contributed by atoms with Crippen LogP contribution in [0.15, 0.2) is 42.7 Å². The van der Waals surface area contributed by atoms with Crippen LogP contribution in [0.5, 0.6) is 0 Å². The number of rotatable bonds is 1. The predicted molar refractivity (Wildman–Crippen MR) is 70.3 cm³/mol. The van der Waals surface area contributed by atoms with Gasteiger partial charge in [-0.25, -0.2) is 9.37 Å². The average molecular weight is 294 g/mol. The van der Waals surface area contributed by atoms with E-state index in [-0.39, 0.29) is 5.56 Å². The lowest BCUT2D eigenvalue weighted by atomic mass is 10.1. The Kier molecular flexibility index (Phi) is 2.97.